The number of hydrogen-bond donors (Lipinski definition) is 1. The highest BCUT2D eigenvalue weighted by Gasteiger charge is 2.22. The van der Waals surface area contributed by atoms with E-state index >= 15 is 0 Å². The molecule has 3 aromatic heterocycles. The van der Waals surface area contributed by atoms with Crippen LogP contribution in [0, 0.1) is 6.92 Å². The van der Waals surface area contributed by atoms with Crippen molar-refractivity contribution in [3.8, 4) is 17.0 Å². The molecule has 0 aromatic carbocycles. The van der Waals surface area contributed by atoms with Crippen LogP contribution in [-0.4, -0.2) is 64.1 Å². The Morgan fingerprint density at radius 2 is 1.83 bits per heavy atom. The van der Waals surface area contributed by atoms with Gasteiger partial charge in [0.05, 0.1) is 42.8 Å². The van der Waals surface area contributed by atoms with Crippen molar-refractivity contribution in [3.63, 3.8) is 0 Å². The van der Waals surface area contributed by atoms with Gasteiger partial charge >= 0.3 is 0 Å². The number of nitrogens with zero attached hydrogens (tertiary/aromatic N) is 6. The Labute approximate surface area is 173 Å². The maximum atomic E-state index is 13.5. The average Bonchev–Trinajstić information content (AvgIpc) is 3.29. The molecule has 0 bridgehead atoms. The van der Waals surface area contributed by atoms with Gasteiger partial charge in [0, 0.05) is 31.0 Å². The summed E-state index contributed by atoms with van der Waals surface area (Å²) >= 11 is 0. The Morgan fingerprint density at radius 3 is 2.53 bits per heavy atom. The summed E-state index contributed by atoms with van der Waals surface area (Å²) in [5, 5.41) is 12.8. The second kappa shape index (κ2) is 7.56. The summed E-state index contributed by atoms with van der Waals surface area (Å²) < 4.78 is 6.97. The van der Waals surface area contributed by atoms with Crippen molar-refractivity contribution in [3.05, 3.63) is 40.7 Å². The number of morpholine rings is 1. The summed E-state index contributed by atoms with van der Waals surface area (Å²) in [7, 11) is 0. The molecule has 0 unspecified atom stereocenters. The standard InChI is InChI=1S/C21H24N6O3/c1-14-23-19-16(20(28)24-14)13-27(26-8-10-30-11-9-26)21(29)18(19)15-4-5-17(22-12-15)25-6-2-3-7-25/h4-5,12-13H,2-3,6-11H2,1H3,(H,23,24,28). The van der Waals surface area contributed by atoms with Crippen molar-refractivity contribution in [1.82, 2.24) is 19.6 Å². The van der Waals surface area contributed by atoms with E-state index in [2.05, 4.69) is 19.9 Å². The van der Waals surface area contributed by atoms with Gasteiger partial charge in [0.1, 0.15) is 11.6 Å². The van der Waals surface area contributed by atoms with E-state index < -0.39 is 0 Å². The number of fused-ring (bicyclic) bond motifs is 1. The lowest BCUT2D eigenvalue weighted by Crippen LogP contribution is -2.48. The number of anilines is 1. The van der Waals surface area contributed by atoms with E-state index in [4.69, 9.17) is 4.74 Å². The predicted octanol–water partition coefficient (Wildman–Crippen LogP) is 1.44. The fourth-order valence-electron chi connectivity index (χ4n) is 4.18. The molecule has 2 saturated heterocycles. The summed E-state index contributed by atoms with van der Waals surface area (Å²) in [5.41, 5.74) is 1.33. The van der Waals surface area contributed by atoms with Crippen LogP contribution in [0.25, 0.3) is 22.0 Å². The van der Waals surface area contributed by atoms with Crippen LogP contribution in [0.15, 0.2) is 29.3 Å². The van der Waals surface area contributed by atoms with E-state index in [0.717, 1.165) is 18.9 Å². The van der Waals surface area contributed by atoms with E-state index in [9.17, 15) is 9.90 Å². The van der Waals surface area contributed by atoms with Crippen LogP contribution < -0.4 is 15.5 Å². The second-order valence-corrected chi connectivity index (χ2v) is 7.68. The van der Waals surface area contributed by atoms with Crippen LogP contribution in [0.3, 0.4) is 0 Å². The molecule has 156 valence electrons. The van der Waals surface area contributed by atoms with Crippen LogP contribution in [0.4, 0.5) is 5.82 Å². The highest BCUT2D eigenvalue weighted by molar-refractivity contribution is 5.95. The van der Waals surface area contributed by atoms with E-state index in [-0.39, 0.29) is 11.4 Å². The van der Waals surface area contributed by atoms with Crippen LogP contribution in [0.2, 0.25) is 0 Å². The van der Waals surface area contributed by atoms with Gasteiger partial charge in [-0.05, 0) is 31.9 Å². The smallest absolute Gasteiger partial charge is 0.279 e. The summed E-state index contributed by atoms with van der Waals surface area (Å²) in [4.78, 5) is 29.0. The lowest BCUT2D eigenvalue weighted by molar-refractivity contribution is 0.111. The molecule has 5 rings (SSSR count). The topological polar surface area (TPSA) is 96.6 Å². The molecule has 0 saturated carbocycles. The molecule has 1 N–H and O–H groups in total. The zero-order valence-corrected chi connectivity index (χ0v) is 16.9. The molecule has 3 aromatic rings. The molecule has 5 heterocycles. The lowest BCUT2D eigenvalue weighted by atomic mass is 10.1. The first-order valence-corrected chi connectivity index (χ1v) is 10.3. The van der Waals surface area contributed by atoms with Crippen LogP contribution in [-0.2, 0) is 4.74 Å². The zero-order chi connectivity index (χ0) is 20.7. The fourth-order valence-corrected chi connectivity index (χ4v) is 4.18. The van der Waals surface area contributed by atoms with Gasteiger partial charge in [-0.1, -0.05) is 0 Å². The summed E-state index contributed by atoms with van der Waals surface area (Å²) in [5.74, 6) is 1.19. The van der Waals surface area contributed by atoms with E-state index in [1.54, 1.807) is 24.0 Å². The van der Waals surface area contributed by atoms with Crippen LogP contribution in [0.5, 0.6) is 5.88 Å². The zero-order valence-electron chi connectivity index (χ0n) is 16.9. The minimum Gasteiger partial charge on any atom is -0.493 e. The van der Waals surface area contributed by atoms with Crippen molar-refractivity contribution >= 4 is 16.7 Å². The normalized spacial score (nSPS) is 17.1. The van der Waals surface area contributed by atoms with Crippen molar-refractivity contribution < 1.29 is 9.84 Å². The number of aromatic hydroxyl groups is 1. The summed E-state index contributed by atoms with van der Waals surface area (Å²) in [6.07, 6.45) is 5.69. The molecule has 9 nitrogen and oxygen atoms in total. The van der Waals surface area contributed by atoms with Gasteiger partial charge in [0.2, 0.25) is 5.88 Å². The van der Waals surface area contributed by atoms with Crippen molar-refractivity contribution in [2.75, 3.05) is 49.3 Å². The first-order chi connectivity index (χ1) is 14.6. The minimum atomic E-state index is -0.197. The van der Waals surface area contributed by atoms with Gasteiger partial charge in [0.25, 0.3) is 5.56 Å². The van der Waals surface area contributed by atoms with Crippen molar-refractivity contribution in [2.24, 2.45) is 0 Å². The van der Waals surface area contributed by atoms with Gasteiger partial charge in [-0.25, -0.2) is 14.6 Å². The maximum Gasteiger partial charge on any atom is 0.279 e. The minimum absolute atomic E-state index is 0.137. The molecule has 0 aliphatic carbocycles. The Kier molecular flexibility index (Phi) is 4.74. The highest BCUT2D eigenvalue weighted by Crippen LogP contribution is 2.29. The monoisotopic (exact) mass is 408 g/mol. The van der Waals surface area contributed by atoms with Gasteiger partial charge in [-0.3, -0.25) is 4.79 Å². The first kappa shape index (κ1) is 18.8. The number of pyridine rings is 2. The quantitative estimate of drug-likeness (QED) is 0.695. The molecule has 2 aliphatic rings. The molecule has 0 radical (unpaired) electrons. The maximum absolute atomic E-state index is 13.5. The Bertz CT molecular complexity index is 1130. The number of ether oxygens (including phenoxy) is 1. The SMILES string of the molecule is Cc1nc(O)c2cn(N3CCOCC3)c(=O)c(-c3ccc(N4CCCC4)nc3)c2n1. The van der Waals surface area contributed by atoms with Crippen LogP contribution in [0.1, 0.15) is 18.7 Å². The number of rotatable bonds is 3. The Balaban J connectivity index is 1.69. The molecule has 2 fully saturated rings. The lowest BCUT2D eigenvalue weighted by Gasteiger charge is -2.30. The third-order valence-corrected chi connectivity index (χ3v) is 5.71. The largest absolute Gasteiger partial charge is 0.493 e. The van der Waals surface area contributed by atoms with Gasteiger partial charge in [0.15, 0.2) is 0 Å². The van der Waals surface area contributed by atoms with Gasteiger partial charge in [-0.2, -0.15) is 4.98 Å². The van der Waals surface area contributed by atoms with Crippen molar-refractivity contribution in [1.29, 1.82) is 0 Å². The first-order valence-electron chi connectivity index (χ1n) is 10.3. The predicted molar refractivity (Wildman–Crippen MR) is 114 cm³/mol. The van der Waals surface area contributed by atoms with Gasteiger partial charge < -0.3 is 19.8 Å². The summed E-state index contributed by atoms with van der Waals surface area (Å²) in [6, 6.07) is 3.86. The van der Waals surface area contributed by atoms with Gasteiger partial charge in [-0.15, -0.1) is 0 Å². The molecule has 30 heavy (non-hydrogen) atoms. The molecule has 2 aliphatic heterocycles. The Hall–Kier alpha value is -3.20. The number of hydrogen-bond acceptors (Lipinski definition) is 8. The average molecular weight is 408 g/mol. The number of aromatic nitrogens is 4. The fraction of sp³-hybridized carbons (Fsp3) is 0.429. The van der Waals surface area contributed by atoms with E-state index in [0.29, 0.717) is 54.2 Å². The highest BCUT2D eigenvalue weighted by atomic mass is 16.5. The second-order valence-electron chi connectivity index (χ2n) is 7.68. The van der Waals surface area contributed by atoms with E-state index in [1.807, 2.05) is 17.1 Å². The van der Waals surface area contributed by atoms with Crippen molar-refractivity contribution in [2.45, 2.75) is 19.8 Å². The third kappa shape index (κ3) is 3.24. The molecule has 0 amide bonds. The van der Waals surface area contributed by atoms with Crippen LogP contribution >= 0.6 is 0 Å². The molecule has 9 heteroatoms. The third-order valence-electron chi connectivity index (χ3n) is 5.71. The summed E-state index contributed by atoms with van der Waals surface area (Å²) in [6.45, 7) is 5.97. The molecule has 0 spiro atoms. The Morgan fingerprint density at radius 1 is 1.07 bits per heavy atom. The molecule has 0 atom stereocenters. The number of aryl methyl sites for hydroxylation is 1. The van der Waals surface area contributed by atoms with E-state index in [1.165, 1.54) is 12.8 Å². The molecular weight excluding hydrogens is 384 g/mol. The molecular formula is C21H24N6O3.